The van der Waals surface area contributed by atoms with Crippen molar-refractivity contribution in [2.24, 2.45) is 7.05 Å². The smallest absolute Gasteiger partial charge is 0.147 e. The molecule has 0 N–H and O–H groups in total. The number of benzene rings is 1. The number of nitrogens with zero attached hydrogens (tertiary/aromatic N) is 2. The van der Waals surface area contributed by atoms with Crippen molar-refractivity contribution in [1.29, 1.82) is 0 Å². The molecule has 1 aromatic heterocycles. The van der Waals surface area contributed by atoms with Crippen molar-refractivity contribution >= 4 is 22.6 Å². The molecule has 2 aromatic rings. The minimum absolute atomic E-state index is 0.586. The predicted octanol–water partition coefficient (Wildman–Crippen LogP) is 3.14. The molecule has 0 fully saturated rings. The number of hydrogen-bond donors (Lipinski definition) is 0. The van der Waals surface area contributed by atoms with E-state index >= 15 is 0 Å². The molecule has 17 heavy (non-hydrogen) atoms. The molecule has 1 heterocycles. The molecular weight excluding hydrogens is 236 g/mol. The Bertz CT molecular complexity index is 507. The fourth-order valence-electron chi connectivity index (χ4n) is 1.87. The highest BCUT2D eigenvalue weighted by atomic mass is 35.5. The molecule has 2 rings (SSSR count). The fourth-order valence-corrected chi connectivity index (χ4v) is 2.04. The summed E-state index contributed by atoms with van der Waals surface area (Å²) in [4.78, 5) is 4.61. The summed E-state index contributed by atoms with van der Waals surface area (Å²) in [6.07, 6.45) is 1.78. The quantitative estimate of drug-likeness (QED) is 0.765. The van der Waals surface area contributed by atoms with Crippen molar-refractivity contribution in [3.05, 3.63) is 24.0 Å². The molecule has 0 saturated carbocycles. The van der Waals surface area contributed by atoms with Gasteiger partial charge in [-0.1, -0.05) is 13.0 Å². The summed E-state index contributed by atoms with van der Waals surface area (Å²) >= 11 is 5.77. The number of alkyl halides is 1. The van der Waals surface area contributed by atoms with Crippen LogP contribution in [0, 0.1) is 0 Å². The molecule has 0 radical (unpaired) electrons. The van der Waals surface area contributed by atoms with Crippen LogP contribution >= 0.6 is 11.6 Å². The van der Waals surface area contributed by atoms with Gasteiger partial charge in [0.25, 0.3) is 0 Å². The minimum atomic E-state index is 0.586. The van der Waals surface area contributed by atoms with Crippen LogP contribution in [0.3, 0.4) is 0 Å². The van der Waals surface area contributed by atoms with E-state index in [1.807, 2.05) is 19.2 Å². The summed E-state index contributed by atoms with van der Waals surface area (Å²) in [5.41, 5.74) is 2.03. The molecule has 0 aliphatic carbocycles. The van der Waals surface area contributed by atoms with Crippen molar-refractivity contribution in [3.63, 3.8) is 0 Å². The highest BCUT2D eigenvalue weighted by Crippen LogP contribution is 2.25. The van der Waals surface area contributed by atoms with E-state index in [4.69, 9.17) is 16.3 Å². The second-order valence-electron chi connectivity index (χ2n) is 4.00. The van der Waals surface area contributed by atoms with Crippen LogP contribution < -0.4 is 4.74 Å². The van der Waals surface area contributed by atoms with Crippen molar-refractivity contribution in [2.75, 3.05) is 12.5 Å². The number of ether oxygens (including phenoxy) is 1. The van der Waals surface area contributed by atoms with Gasteiger partial charge in [0.05, 0.1) is 12.1 Å². The standard InChI is InChI=1S/C13H17ClN2O/c1-3-9-17-11-6-4-5-10-13(11)15-12(7-8-14)16(10)2/h4-6H,3,7-9H2,1-2H3. The number of halogens is 1. The highest BCUT2D eigenvalue weighted by Gasteiger charge is 2.11. The Hall–Kier alpha value is -1.22. The minimum Gasteiger partial charge on any atom is -0.491 e. The van der Waals surface area contributed by atoms with Gasteiger partial charge in [0.2, 0.25) is 0 Å². The monoisotopic (exact) mass is 252 g/mol. The lowest BCUT2D eigenvalue weighted by atomic mass is 10.3. The van der Waals surface area contributed by atoms with E-state index in [0.29, 0.717) is 5.88 Å². The van der Waals surface area contributed by atoms with E-state index in [0.717, 1.165) is 42.1 Å². The number of para-hydroxylation sites is 1. The Kier molecular flexibility index (Phi) is 3.89. The Morgan fingerprint density at radius 1 is 1.41 bits per heavy atom. The topological polar surface area (TPSA) is 27.1 Å². The lowest BCUT2D eigenvalue weighted by Crippen LogP contribution is -1.98. The summed E-state index contributed by atoms with van der Waals surface area (Å²) in [6.45, 7) is 2.82. The van der Waals surface area contributed by atoms with Crippen LogP contribution in [0.1, 0.15) is 19.2 Å². The summed E-state index contributed by atoms with van der Waals surface area (Å²) < 4.78 is 7.79. The van der Waals surface area contributed by atoms with Crippen LogP contribution in [-0.4, -0.2) is 22.0 Å². The Morgan fingerprint density at radius 2 is 2.24 bits per heavy atom. The van der Waals surface area contributed by atoms with Crippen molar-refractivity contribution < 1.29 is 4.74 Å². The molecule has 4 heteroatoms. The lowest BCUT2D eigenvalue weighted by molar-refractivity contribution is 0.320. The van der Waals surface area contributed by atoms with Crippen LogP contribution in [0.25, 0.3) is 11.0 Å². The molecule has 0 spiro atoms. The van der Waals surface area contributed by atoms with Gasteiger partial charge in [0, 0.05) is 19.3 Å². The zero-order valence-electron chi connectivity index (χ0n) is 10.2. The molecule has 0 saturated heterocycles. The van der Waals surface area contributed by atoms with Crippen molar-refractivity contribution in [2.45, 2.75) is 19.8 Å². The van der Waals surface area contributed by atoms with Gasteiger partial charge >= 0.3 is 0 Å². The van der Waals surface area contributed by atoms with Crippen molar-refractivity contribution in [3.8, 4) is 5.75 Å². The molecule has 0 aliphatic heterocycles. The molecule has 0 atom stereocenters. The maximum Gasteiger partial charge on any atom is 0.147 e. The first-order chi connectivity index (χ1) is 8.27. The summed E-state index contributed by atoms with van der Waals surface area (Å²) in [6, 6.07) is 6.02. The van der Waals surface area contributed by atoms with Gasteiger partial charge in [-0.15, -0.1) is 11.6 Å². The fraction of sp³-hybridized carbons (Fsp3) is 0.462. The second kappa shape index (κ2) is 5.41. The third-order valence-electron chi connectivity index (χ3n) is 2.75. The number of imidazole rings is 1. The summed E-state index contributed by atoms with van der Waals surface area (Å²) in [5, 5.41) is 0. The van der Waals surface area contributed by atoms with Crippen LogP contribution in [0.15, 0.2) is 18.2 Å². The zero-order valence-corrected chi connectivity index (χ0v) is 11.0. The molecule has 0 unspecified atom stereocenters. The van der Waals surface area contributed by atoms with E-state index in [2.05, 4.69) is 22.5 Å². The van der Waals surface area contributed by atoms with E-state index < -0.39 is 0 Å². The Labute approximate surface area is 106 Å². The third-order valence-corrected chi connectivity index (χ3v) is 2.94. The molecule has 0 amide bonds. The van der Waals surface area contributed by atoms with Gasteiger partial charge in [-0.25, -0.2) is 4.98 Å². The zero-order chi connectivity index (χ0) is 12.3. The normalized spacial score (nSPS) is 11.0. The first-order valence-electron chi connectivity index (χ1n) is 5.91. The first kappa shape index (κ1) is 12.2. The van der Waals surface area contributed by atoms with E-state index in [1.54, 1.807) is 0 Å². The summed E-state index contributed by atoms with van der Waals surface area (Å²) in [5.74, 6) is 2.45. The van der Waals surface area contributed by atoms with Gasteiger partial charge < -0.3 is 9.30 Å². The van der Waals surface area contributed by atoms with Crippen LogP contribution in [-0.2, 0) is 13.5 Å². The molecule has 92 valence electrons. The summed E-state index contributed by atoms with van der Waals surface area (Å²) in [7, 11) is 2.01. The largest absolute Gasteiger partial charge is 0.491 e. The van der Waals surface area contributed by atoms with E-state index in [1.165, 1.54) is 0 Å². The number of rotatable bonds is 5. The number of hydrogen-bond acceptors (Lipinski definition) is 2. The second-order valence-corrected chi connectivity index (χ2v) is 4.38. The van der Waals surface area contributed by atoms with Crippen LogP contribution in [0.5, 0.6) is 5.75 Å². The van der Waals surface area contributed by atoms with E-state index in [9.17, 15) is 0 Å². The average Bonchev–Trinajstić information content (AvgIpc) is 2.66. The molecule has 0 bridgehead atoms. The van der Waals surface area contributed by atoms with Gasteiger partial charge in [-0.05, 0) is 18.6 Å². The Balaban J connectivity index is 2.45. The molecule has 0 aliphatic rings. The maximum absolute atomic E-state index is 5.77. The van der Waals surface area contributed by atoms with Gasteiger partial charge in [-0.3, -0.25) is 0 Å². The van der Waals surface area contributed by atoms with Crippen LogP contribution in [0.4, 0.5) is 0 Å². The first-order valence-corrected chi connectivity index (χ1v) is 6.44. The highest BCUT2D eigenvalue weighted by molar-refractivity contribution is 6.17. The van der Waals surface area contributed by atoms with Gasteiger partial charge in [0.15, 0.2) is 0 Å². The SMILES string of the molecule is CCCOc1cccc2c1nc(CCCl)n2C. The Morgan fingerprint density at radius 3 is 2.94 bits per heavy atom. The van der Waals surface area contributed by atoms with Crippen molar-refractivity contribution in [1.82, 2.24) is 9.55 Å². The number of fused-ring (bicyclic) bond motifs is 1. The van der Waals surface area contributed by atoms with E-state index in [-0.39, 0.29) is 0 Å². The molecule has 3 nitrogen and oxygen atoms in total. The van der Waals surface area contributed by atoms with Crippen LogP contribution in [0.2, 0.25) is 0 Å². The number of aryl methyl sites for hydroxylation is 2. The lowest BCUT2D eigenvalue weighted by Gasteiger charge is -2.04. The maximum atomic E-state index is 5.77. The average molecular weight is 253 g/mol. The molecular formula is C13H17ClN2O. The van der Waals surface area contributed by atoms with Gasteiger partial charge in [-0.2, -0.15) is 0 Å². The van der Waals surface area contributed by atoms with Gasteiger partial charge in [0.1, 0.15) is 17.1 Å². The third kappa shape index (κ3) is 2.39. The number of aromatic nitrogens is 2. The molecule has 1 aromatic carbocycles. The predicted molar refractivity (Wildman–Crippen MR) is 70.9 cm³/mol.